The number of carbonyl (C=O) groups is 1. The third-order valence-corrected chi connectivity index (χ3v) is 3.17. The third kappa shape index (κ3) is 2.48. The molecule has 1 aromatic carbocycles. The summed E-state index contributed by atoms with van der Waals surface area (Å²) >= 11 is 0. The molecule has 1 amide bonds. The van der Waals surface area contributed by atoms with Crippen LogP contribution in [0.1, 0.15) is 25.7 Å². The Morgan fingerprint density at radius 2 is 2.06 bits per heavy atom. The molecule has 0 heterocycles. The fourth-order valence-corrected chi connectivity index (χ4v) is 2.13. The van der Waals surface area contributed by atoms with Crippen LogP contribution in [0.3, 0.4) is 0 Å². The molecular weight excluding hydrogens is 236 g/mol. The Morgan fingerprint density at radius 3 is 2.67 bits per heavy atom. The Hall–Kier alpha value is -1.95. The van der Waals surface area contributed by atoms with E-state index in [2.05, 4.69) is 5.32 Å². The second-order valence-corrected chi connectivity index (χ2v) is 4.50. The molecule has 0 bridgehead atoms. The molecule has 6 nitrogen and oxygen atoms in total. The summed E-state index contributed by atoms with van der Waals surface area (Å²) in [5, 5.41) is 23.2. The third-order valence-electron chi connectivity index (χ3n) is 3.17. The molecule has 0 spiro atoms. The molecule has 1 fully saturated rings. The van der Waals surface area contributed by atoms with Gasteiger partial charge in [0.05, 0.1) is 4.92 Å². The molecule has 0 aromatic heterocycles. The van der Waals surface area contributed by atoms with Crippen LogP contribution in [0.25, 0.3) is 0 Å². The van der Waals surface area contributed by atoms with E-state index in [1.807, 2.05) is 0 Å². The van der Waals surface area contributed by atoms with Gasteiger partial charge in [0.1, 0.15) is 5.60 Å². The normalized spacial score (nSPS) is 17.4. The Kier molecular flexibility index (Phi) is 3.29. The average Bonchev–Trinajstić information content (AvgIpc) is 2.78. The zero-order chi connectivity index (χ0) is 13.2. The number of anilines is 1. The quantitative estimate of drug-likeness (QED) is 0.632. The maximum atomic E-state index is 11.9. The van der Waals surface area contributed by atoms with Crippen molar-refractivity contribution in [3.63, 3.8) is 0 Å². The maximum Gasteiger partial charge on any atom is 0.271 e. The lowest BCUT2D eigenvalue weighted by Gasteiger charge is -2.20. The van der Waals surface area contributed by atoms with Crippen molar-refractivity contribution in [1.29, 1.82) is 0 Å². The van der Waals surface area contributed by atoms with Crippen molar-refractivity contribution in [3.8, 4) is 0 Å². The molecule has 18 heavy (non-hydrogen) atoms. The molecule has 1 saturated carbocycles. The van der Waals surface area contributed by atoms with Crippen molar-refractivity contribution in [3.05, 3.63) is 34.4 Å². The molecule has 0 radical (unpaired) electrons. The van der Waals surface area contributed by atoms with Gasteiger partial charge in [-0.15, -0.1) is 0 Å². The van der Waals surface area contributed by atoms with E-state index in [1.165, 1.54) is 18.2 Å². The fraction of sp³-hybridized carbons (Fsp3) is 0.417. The monoisotopic (exact) mass is 250 g/mol. The van der Waals surface area contributed by atoms with Gasteiger partial charge >= 0.3 is 0 Å². The van der Waals surface area contributed by atoms with Crippen LogP contribution in [0.4, 0.5) is 11.4 Å². The largest absolute Gasteiger partial charge is 0.380 e. The SMILES string of the molecule is O=C(Nc1cccc([N+](=O)[O-])c1)C1(O)CCCC1. The van der Waals surface area contributed by atoms with Crippen LogP contribution in [-0.4, -0.2) is 21.5 Å². The van der Waals surface area contributed by atoms with Crippen LogP contribution in [0.15, 0.2) is 24.3 Å². The fourth-order valence-electron chi connectivity index (χ4n) is 2.13. The number of benzene rings is 1. The summed E-state index contributed by atoms with van der Waals surface area (Å²) in [6, 6.07) is 5.67. The van der Waals surface area contributed by atoms with Crippen LogP contribution in [0.5, 0.6) is 0 Å². The van der Waals surface area contributed by atoms with Crippen molar-refractivity contribution in [1.82, 2.24) is 0 Å². The molecule has 96 valence electrons. The van der Waals surface area contributed by atoms with Crippen molar-refractivity contribution in [2.75, 3.05) is 5.32 Å². The van der Waals surface area contributed by atoms with Crippen molar-refractivity contribution < 1.29 is 14.8 Å². The summed E-state index contributed by atoms with van der Waals surface area (Å²) in [6.45, 7) is 0. The minimum Gasteiger partial charge on any atom is -0.380 e. The summed E-state index contributed by atoms with van der Waals surface area (Å²) < 4.78 is 0. The molecule has 1 aromatic rings. The number of rotatable bonds is 3. The zero-order valence-corrected chi connectivity index (χ0v) is 9.76. The van der Waals surface area contributed by atoms with E-state index in [9.17, 15) is 20.0 Å². The molecule has 2 rings (SSSR count). The van der Waals surface area contributed by atoms with E-state index in [1.54, 1.807) is 6.07 Å². The number of carbonyl (C=O) groups excluding carboxylic acids is 1. The molecule has 0 atom stereocenters. The molecule has 1 aliphatic rings. The van der Waals surface area contributed by atoms with Crippen LogP contribution < -0.4 is 5.32 Å². The first-order valence-electron chi connectivity index (χ1n) is 5.79. The van der Waals surface area contributed by atoms with E-state index < -0.39 is 16.4 Å². The van der Waals surface area contributed by atoms with E-state index in [-0.39, 0.29) is 5.69 Å². The van der Waals surface area contributed by atoms with Gasteiger partial charge in [-0.05, 0) is 31.7 Å². The molecular formula is C12H14N2O4. The van der Waals surface area contributed by atoms with Crippen LogP contribution in [0, 0.1) is 10.1 Å². The van der Waals surface area contributed by atoms with Gasteiger partial charge in [-0.1, -0.05) is 6.07 Å². The first kappa shape index (κ1) is 12.5. The van der Waals surface area contributed by atoms with Gasteiger partial charge in [0.25, 0.3) is 11.6 Å². The number of aliphatic hydroxyl groups is 1. The van der Waals surface area contributed by atoms with Crippen molar-refractivity contribution >= 4 is 17.3 Å². The molecule has 6 heteroatoms. The van der Waals surface area contributed by atoms with E-state index in [0.29, 0.717) is 18.5 Å². The van der Waals surface area contributed by atoms with E-state index in [0.717, 1.165) is 12.8 Å². The molecule has 0 saturated heterocycles. The Balaban J connectivity index is 2.11. The zero-order valence-electron chi connectivity index (χ0n) is 9.76. The highest BCUT2D eigenvalue weighted by Gasteiger charge is 2.38. The predicted molar refractivity (Wildman–Crippen MR) is 65.1 cm³/mol. The second kappa shape index (κ2) is 4.73. The number of nitro benzene ring substituents is 1. The smallest absolute Gasteiger partial charge is 0.271 e. The number of hydrogen-bond acceptors (Lipinski definition) is 4. The second-order valence-electron chi connectivity index (χ2n) is 4.50. The van der Waals surface area contributed by atoms with Gasteiger partial charge in [0.2, 0.25) is 0 Å². The number of amides is 1. The minimum absolute atomic E-state index is 0.0915. The average molecular weight is 250 g/mol. The van der Waals surface area contributed by atoms with Gasteiger partial charge in [-0.2, -0.15) is 0 Å². The molecule has 1 aliphatic carbocycles. The summed E-state index contributed by atoms with van der Waals surface area (Å²) in [5.74, 6) is -0.486. The van der Waals surface area contributed by atoms with Gasteiger partial charge in [-0.25, -0.2) is 0 Å². The van der Waals surface area contributed by atoms with Crippen molar-refractivity contribution in [2.24, 2.45) is 0 Å². The van der Waals surface area contributed by atoms with Gasteiger partial charge in [0.15, 0.2) is 0 Å². The Bertz CT molecular complexity index is 481. The summed E-state index contributed by atoms with van der Waals surface area (Å²) in [4.78, 5) is 22.0. The number of hydrogen-bond donors (Lipinski definition) is 2. The number of nitrogens with zero attached hydrogens (tertiary/aromatic N) is 1. The summed E-state index contributed by atoms with van der Waals surface area (Å²) in [7, 11) is 0. The number of non-ortho nitro benzene ring substituents is 1. The van der Waals surface area contributed by atoms with Crippen LogP contribution in [-0.2, 0) is 4.79 Å². The first-order valence-corrected chi connectivity index (χ1v) is 5.79. The van der Waals surface area contributed by atoms with Crippen LogP contribution in [0.2, 0.25) is 0 Å². The first-order chi connectivity index (χ1) is 8.51. The maximum absolute atomic E-state index is 11.9. The minimum atomic E-state index is -1.33. The Labute approximate surface area is 104 Å². The number of nitrogens with one attached hydrogen (secondary N) is 1. The Morgan fingerprint density at radius 1 is 1.39 bits per heavy atom. The highest BCUT2D eigenvalue weighted by Crippen LogP contribution is 2.30. The van der Waals surface area contributed by atoms with E-state index in [4.69, 9.17) is 0 Å². The lowest BCUT2D eigenvalue weighted by Crippen LogP contribution is -2.40. The highest BCUT2D eigenvalue weighted by atomic mass is 16.6. The summed E-state index contributed by atoms with van der Waals surface area (Å²) in [5.41, 5.74) is -1.09. The van der Waals surface area contributed by atoms with Crippen molar-refractivity contribution in [2.45, 2.75) is 31.3 Å². The predicted octanol–water partition coefficient (Wildman–Crippen LogP) is 1.84. The van der Waals surface area contributed by atoms with Gasteiger partial charge < -0.3 is 10.4 Å². The topological polar surface area (TPSA) is 92.5 Å². The number of nitro groups is 1. The molecule has 2 N–H and O–H groups in total. The highest BCUT2D eigenvalue weighted by molar-refractivity contribution is 5.97. The standard InChI is InChI=1S/C12H14N2O4/c15-11(12(16)6-1-2-7-12)13-9-4-3-5-10(8-9)14(17)18/h3-5,8,16H,1-2,6-7H2,(H,13,15). The molecule has 0 unspecified atom stereocenters. The van der Waals surface area contributed by atoms with Crippen LogP contribution >= 0.6 is 0 Å². The molecule has 0 aliphatic heterocycles. The van der Waals surface area contributed by atoms with Gasteiger partial charge in [-0.3, -0.25) is 14.9 Å². The lowest BCUT2D eigenvalue weighted by molar-refractivity contribution is -0.384. The van der Waals surface area contributed by atoms with E-state index >= 15 is 0 Å². The summed E-state index contributed by atoms with van der Waals surface area (Å²) in [6.07, 6.45) is 2.51. The van der Waals surface area contributed by atoms with Gasteiger partial charge in [0, 0.05) is 17.8 Å². The lowest BCUT2D eigenvalue weighted by atomic mass is 10.0.